The number of anilines is 1. The number of para-hydroxylation sites is 1. The fourth-order valence-corrected chi connectivity index (χ4v) is 5.00. The first-order valence-corrected chi connectivity index (χ1v) is 13.9. The van der Waals surface area contributed by atoms with Crippen molar-refractivity contribution in [2.45, 2.75) is 48.7 Å². The summed E-state index contributed by atoms with van der Waals surface area (Å²) < 4.78 is 85.5. The average Bonchev–Trinajstić information content (AvgIpc) is 2.94. The van der Waals surface area contributed by atoms with Gasteiger partial charge in [-0.2, -0.15) is 26.3 Å². The lowest BCUT2D eigenvalue weighted by molar-refractivity contribution is -0.137. The lowest BCUT2D eigenvalue weighted by Gasteiger charge is -2.36. The molecule has 4 aromatic rings. The van der Waals surface area contributed by atoms with Crippen LogP contribution in [0.4, 0.5) is 32.0 Å². The molecule has 2 unspecified atom stereocenters. The number of hydrogen-bond acceptors (Lipinski definition) is 4. The lowest BCUT2D eigenvalue weighted by atomic mass is 10.0. The summed E-state index contributed by atoms with van der Waals surface area (Å²) in [6.07, 6.45) is -6.79. The number of halogens is 6. The molecule has 1 N–H and O–H groups in total. The maximum atomic E-state index is 13.2. The zero-order chi connectivity index (χ0) is 30.5. The van der Waals surface area contributed by atoms with Crippen LogP contribution >= 0.6 is 11.8 Å². The van der Waals surface area contributed by atoms with Crippen LogP contribution in [0.2, 0.25) is 0 Å². The molecule has 0 spiro atoms. The Hall–Kier alpha value is -3.63. The van der Waals surface area contributed by atoms with Crippen LogP contribution in [-0.4, -0.2) is 17.2 Å². The molecule has 0 fully saturated rings. The lowest BCUT2D eigenvalue weighted by Crippen LogP contribution is -2.36. The highest BCUT2D eigenvalue weighted by atomic mass is 32.2. The van der Waals surface area contributed by atoms with Crippen LogP contribution in [0, 0.1) is 0 Å². The standard InChI is InChI=1S/C32H29F6NO2S/c1-21(2)23-8-6-12-27(18-23)41-30(24-9-7-13-28(19-24)42-32(36,37)38)39(26-10-4-3-5-11-26)20-29(40)22-14-16-25(17-15-22)31(33,34)35/h3-19,21,29-30,40H,20H2,1-2H3. The van der Waals surface area contributed by atoms with Crippen LogP contribution in [-0.2, 0) is 6.18 Å². The van der Waals surface area contributed by atoms with E-state index in [1.54, 1.807) is 47.4 Å². The van der Waals surface area contributed by atoms with Gasteiger partial charge in [-0.15, -0.1) is 0 Å². The van der Waals surface area contributed by atoms with E-state index in [1.165, 1.54) is 30.3 Å². The Kier molecular flexibility index (Phi) is 9.78. The number of rotatable bonds is 10. The van der Waals surface area contributed by atoms with Gasteiger partial charge in [0.25, 0.3) is 0 Å². The van der Waals surface area contributed by atoms with Gasteiger partial charge in [-0.25, -0.2) is 0 Å². The molecule has 42 heavy (non-hydrogen) atoms. The Morgan fingerprint density at radius 2 is 1.38 bits per heavy atom. The van der Waals surface area contributed by atoms with Gasteiger partial charge in [0.05, 0.1) is 18.2 Å². The van der Waals surface area contributed by atoms with Crippen molar-refractivity contribution in [1.82, 2.24) is 0 Å². The highest BCUT2D eigenvalue weighted by Gasteiger charge is 2.32. The van der Waals surface area contributed by atoms with Gasteiger partial charge in [-0.1, -0.05) is 68.4 Å². The van der Waals surface area contributed by atoms with E-state index in [4.69, 9.17) is 4.74 Å². The molecule has 0 bridgehead atoms. The summed E-state index contributed by atoms with van der Waals surface area (Å²) in [6, 6.07) is 26.3. The van der Waals surface area contributed by atoms with Crippen LogP contribution in [0.5, 0.6) is 5.75 Å². The summed E-state index contributed by atoms with van der Waals surface area (Å²) in [7, 11) is 0. The van der Waals surface area contributed by atoms with E-state index in [1.807, 2.05) is 32.0 Å². The normalized spacial score (nSPS) is 13.6. The van der Waals surface area contributed by atoms with Gasteiger partial charge < -0.3 is 14.7 Å². The zero-order valence-electron chi connectivity index (χ0n) is 22.7. The number of hydrogen-bond donors (Lipinski definition) is 1. The Labute approximate surface area is 244 Å². The van der Waals surface area contributed by atoms with E-state index in [0.29, 0.717) is 17.0 Å². The summed E-state index contributed by atoms with van der Waals surface area (Å²) in [5.74, 6) is 0.648. The first-order chi connectivity index (χ1) is 19.8. The molecule has 0 aliphatic heterocycles. The summed E-state index contributed by atoms with van der Waals surface area (Å²) in [6.45, 7) is 3.90. The van der Waals surface area contributed by atoms with Gasteiger partial charge in [0, 0.05) is 16.1 Å². The van der Waals surface area contributed by atoms with Crippen molar-refractivity contribution >= 4 is 17.4 Å². The minimum atomic E-state index is -4.53. The molecule has 0 heterocycles. The van der Waals surface area contributed by atoms with Crippen LogP contribution in [0.15, 0.2) is 108 Å². The number of benzene rings is 4. The van der Waals surface area contributed by atoms with E-state index in [-0.39, 0.29) is 34.7 Å². The smallest absolute Gasteiger partial charge is 0.446 e. The second-order valence-electron chi connectivity index (χ2n) is 9.94. The summed E-state index contributed by atoms with van der Waals surface area (Å²) >= 11 is -0.249. The second-order valence-corrected chi connectivity index (χ2v) is 11.1. The van der Waals surface area contributed by atoms with Crippen molar-refractivity contribution in [2.75, 3.05) is 11.4 Å². The molecule has 0 amide bonds. The molecular formula is C32H29F6NO2S. The summed E-state index contributed by atoms with van der Waals surface area (Å²) in [5.41, 5.74) is -3.14. The maximum absolute atomic E-state index is 13.2. The summed E-state index contributed by atoms with van der Waals surface area (Å²) in [4.78, 5) is 1.64. The highest BCUT2D eigenvalue weighted by Crippen LogP contribution is 2.40. The molecule has 2 atom stereocenters. The SMILES string of the molecule is CC(C)c1cccc(OC(c2cccc(SC(F)(F)F)c2)N(CC(O)c2ccc(C(F)(F)F)cc2)c2ccccc2)c1. The van der Waals surface area contributed by atoms with Crippen molar-refractivity contribution in [1.29, 1.82) is 0 Å². The quantitative estimate of drug-likeness (QED) is 0.111. The number of aliphatic hydroxyl groups is 1. The Morgan fingerprint density at radius 3 is 2.00 bits per heavy atom. The Bertz CT molecular complexity index is 1440. The molecule has 0 aliphatic rings. The van der Waals surface area contributed by atoms with Gasteiger partial charge in [-0.05, 0) is 77.3 Å². The molecule has 0 radical (unpaired) electrons. The predicted octanol–water partition coefficient (Wildman–Crippen LogP) is 9.76. The van der Waals surface area contributed by atoms with E-state index in [9.17, 15) is 31.4 Å². The predicted molar refractivity (Wildman–Crippen MR) is 152 cm³/mol. The highest BCUT2D eigenvalue weighted by molar-refractivity contribution is 8.00. The Morgan fingerprint density at radius 1 is 0.738 bits per heavy atom. The first-order valence-electron chi connectivity index (χ1n) is 13.1. The third kappa shape index (κ3) is 8.45. The third-order valence-electron chi connectivity index (χ3n) is 6.51. The van der Waals surface area contributed by atoms with E-state index < -0.39 is 29.6 Å². The van der Waals surface area contributed by atoms with E-state index in [2.05, 4.69) is 0 Å². The number of aliphatic hydroxyl groups excluding tert-OH is 1. The third-order valence-corrected chi connectivity index (χ3v) is 7.23. The minimum Gasteiger partial charge on any atom is -0.466 e. The fourth-order valence-electron chi connectivity index (χ4n) is 4.39. The van der Waals surface area contributed by atoms with Crippen LogP contribution in [0.25, 0.3) is 0 Å². The van der Waals surface area contributed by atoms with Crippen molar-refractivity contribution in [3.63, 3.8) is 0 Å². The Balaban J connectivity index is 1.77. The first kappa shape index (κ1) is 31.3. The summed E-state index contributed by atoms with van der Waals surface area (Å²) in [5, 5.41) is 11.2. The second kappa shape index (κ2) is 13.1. The van der Waals surface area contributed by atoms with E-state index in [0.717, 1.165) is 17.7 Å². The number of alkyl halides is 6. The van der Waals surface area contributed by atoms with Crippen molar-refractivity contribution < 1.29 is 36.2 Å². The molecule has 0 aromatic heterocycles. The van der Waals surface area contributed by atoms with Crippen LogP contribution in [0.1, 0.15) is 54.4 Å². The fraction of sp³-hybridized carbons (Fsp3) is 0.250. The zero-order valence-corrected chi connectivity index (χ0v) is 23.5. The van der Waals surface area contributed by atoms with Crippen molar-refractivity contribution in [3.8, 4) is 5.75 Å². The molecule has 4 aromatic carbocycles. The number of ether oxygens (including phenoxy) is 1. The molecule has 3 nitrogen and oxygen atoms in total. The molecule has 4 rings (SSSR count). The number of thioether (sulfide) groups is 1. The molecule has 222 valence electrons. The van der Waals surface area contributed by atoms with Gasteiger partial charge in [0.1, 0.15) is 5.75 Å². The van der Waals surface area contributed by atoms with Crippen LogP contribution < -0.4 is 9.64 Å². The van der Waals surface area contributed by atoms with Gasteiger partial charge in [0.2, 0.25) is 0 Å². The van der Waals surface area contributed by atoms with Gasteiger partial charge in [0.15, 0.2) is 6.23 Å². The molecule has 10 heteroatoms. The largest absolute Gasteiger partial charge is 0.466 e. The maximum Gasteiger partial charge on any atom is 0.446 e. The molecular weight excluding hydrogens is 576 g/mol. The average molecular weight is 606 g/mol. The monoisotopic (exact) mass is 605 g/mol. The minimum absolute atomic E-state index is 0.0409. The van der Waals surface area contributed by atoms with Gasteiger partial charge >= 0.3 is 11.7 Å². The molecule has 0 saturated heterocycles. The molecule has 0 aliphatic carbocycles. The molecule has 0 saturated carbocycles. The number of nitrogens with zero attached hydrogens (tertiary/aromatic N) is 1. The van der Waals surface area contributed by atoms with Crippen molar-refractivity contribution in [2.24, 2.45) is 0 Å². The van der Waals surface area contributed by atoms with Gasteiger partial charge in [-0.3, -0.25) is 0 Å². The van der Waals surface area contributed by atoms with E-state index >= 15 is 0 Å². The van der Waals surface area contributed by atoms with Crippen LogP contribution in [0.3, 0.4) is 0 Å². The van der Waals surface area contributed by atoms with Crippen molar-refractivity contribution in [3.05, 3.63) is 125 Å². The topological polar surface area (TPSA) is 32.7 Å².